The molecule has 0 saturated carbocycles. The highest BCUT2D eigenvalue weighted by atomic mass is 32.2. The Morgan fingerprint density at radius 2 is 1.77 bits per heavy atom. The van der Waals surface area contributed by atoms with Crippen molar-refractivity contribution < 1.29 is 9.21 Å². The molecule has 0 aliphatic rings. The van der Waals surface area contributed by atoms with Crippen molar-refractivity contribution in [3.05, 3.63) is 64.0 Å². The molecule has 0 fully saturated rings. The van der Waals surface area contributed by atoms with E-state index in [0.717, 1.165) is 22.4 Å². The van der Waals surface area contributed by atoms with Gasteiger partial charge in [0, 0.05) is 16.5 Å². The lowest BCUT2D eigenvalue weighted by molar-refractivity contribution is -0.113. The minimum Gasteiger partial charge on any atom is -0.411 e. The molecule has 31 heavy (non-hydrogen) atoms. The molecule has 0 spiro atoms. The van der Waals surface area contributed by atoms with E-state index >= 15 is 0 Å². The van der Waals surface area contributed by atoms with Gasteiger partial charge in [0.25, 0.3) is 5.22 Å². The molecule has 0 bridgehead atoms. The van der Waals surface area contributed by atoms with Gasteiger partial charge in [-0.25, -0.2) is 4.98 Å². The van der Waals surface area contributed by atoms with Gasteiger partial charge < -0.3 is 9.73 Å². The van der Waals surface area contributed by atoms with E-state index in [2.05, 4.69) is 53.4 Å². The third-order valence-electron chi connectivity index (χ3n) is 4.98. The van der Waals surface area contributed by atoms with Gasteiger partial charge in [-0.2, -0.15) is 0 Å². The van der Waals surface area contributed by atoms with E-state index in [-0.39, 0.29) is 11.7 Å². The zero-order valence-corrected chi connectivity index (χ0v) is 19.4. The Bertz CT molecular complexity index is 1250. The average molecular weight is 451 g/mol. The summed E-state index contributed by atoms with van der Waals surface area (Å²) in [4.78, 5) is 17.0. The van der Waals surface area contributed by atoms with E-state index in [4.69, 9.17) is 4.42 Å². The SMILES string of the molecule is Cc1cc(C)c(-c2csc(NC(=O)CSc3nnc(-c4ccccc4C)o3)n2)cc1C. The first-order valence-corrected chi connectivity index (χ1v) is 11.6. The lowest BCUT2D eigenvalue weighted by atomic mass is 9.99. The van der Waals surface area contributed by atoms with Crippen molar-refractivity contribution in [2.24, 2.45) is 0 Å². The van der Waals surface area contributed by atoms with Crippen LogP contribution < -0.4 is 5.32 Å². The summed E-state index contributed by atoms with van der Waals surface area (Å²) >= 11 is 2.62. The first kappa shape index (κ1) is 21.3. The molecule has 6 nitrogen and oxygen atoms in total. The third kappa shape index (κ3) is 4.86. The maximum atomic E-state index is 12.4. The second-order valence-electron chi connectivity index (χ2n) is 7.31. The molecule has 0 atom stereocenters. The van der Waals surface area contributed by atoms with Crippen LogP contribution in [0.1, 0.15) is 22.3 Å². The summed E-state index contributed by atoms with van der Waals surface area (Å²) in [6.07, 6.45) is 0. The van der Waals surface area contributed by atoms with Crippen molar-refractivity contribution in [2.75, 3.05) is 11.1 Å². The summed E-state index contributed by atoms with van der Waals surface area (Å²) in [5.74, 6) is 0.445. The topological polar surface area (TPSA) is 80.9 Å². The number of rotatable bonds is 6. The maximum absolute atomic E-state index is 12.4. The molecule has 0 aliphatic heterocycles. The number of anilines is 1. The zero-order valence-electron chi connectivity index (χ0n) is 17.7. The lowest BCUT2D eigenvalue weighted by Crippen LogP contribution is -2.13. The Morgan fingerprint density at radius 1 is 1.00 bits per heavy atom. The number of carbonyl (C=O) groups is 1. The summed E-state index contributed by atoms with van der Waals surface area (Å²) < 4.78 is 5.69. The predicted molar refractivity (Wildman–Crippen MR) is 126 cm³/mol. The van der Waals surface area contributed by atoms with Gasteiger partial charge in [-0.3, -0.25) is 4.79 Å². The maximum Gasteiger partial charge on any atom is 0.277 e. The van der Waals surface area contributed by atoms with Crippen molar-refractivity contribution in [1.82, 2.24) is 15.2 Å². The van der Waals surface area contributed by atoms with Crippen molar-refractivity contribution in [2.45, 2.75) is 32.9 Å². The molecule has 2 aromatic heterocycles. The molecule has 8 heteroatoms. The van der Waals surface area contributed by atoms with E-state index in [1.165, 1.54) is 39.8 Å². The molecule has 0 saturated heterocycles. The highest BCUT2D eigenvalue weighted by Gasteiger charge is 2.14. The van der Waals surface area contributed by atoms with Crippen LogP contribution in [-0.2, 0) is 4.79 Å². The van der Waals surface area contributed by atoms with Crippen molar-refractivity contribution in [3.8, 4) is 22.7 Å². The molecule has 0 unspecified atom stereocenters. The average Bonchev–Trinajstić information content (AvgIpc) is 3.39. The molecule has 4 rings (SSSR count). The Labute approximate surface area is 189 Å². The minimum absolute atomic E-state index is 0.160. The van der Waals surface area contributed by atoms with Crippen LogP contribution in [-0.4, -0.2) is 26.8 Å². The van der Waals surface area contributed by atoms with Crippen LogP contribution in [0.3, 0.4) is 0 Å². The summed E-state index contributed by atoms with van der Waals surface area (Å²) in [6.45, 7) is 8.25. The van der Waals surface area contributed by atoms with Gasteiger partial charge in [0.05, 0.1) is 11.4 Å². The van der Waals surface area contributed by atoms with E-state index < -0.39 is 0 Å². The Morgan fingerprint density at radius 3 is 2.58 bits per heavy atom. The highest BCUT2D eigenvalue weighted by molar-refractivity contribution is 7.99. The molecule has 158 valence electrons. The zero-order chi connectivity index (χ0) is 22.0. The molecule has 0 aliphatic carbocycles. The number of benzene rings is 2. The largest absolute Gasteiger partial charge is 0.411 e. The summed E-state index contributed by atoms with van der Waals surface area (Å²) in [5, 5.41) is 13.9. The van der Waals surface area contributed by atoms with Gasteiger partial charge in [-0.15, -0.1) is 21.5 Å². The summed E-state index contributed by atoms with van der Waals surface area (Å²) in [6, 6.07) is 12.1. The Balaban J connectivity index is 1.37. The second-order valence-corrected chi connectivity index (χ2v) is 9.10. The van der Waals surface area contributed by atoms with E-state index in [0.29, 0.717) is 16.2 Å². The van der Waals surface area contributed by atoms with E-state index in [9.17, 15) is 4.79 Å². The monoisotopic (exact) mass is 450 g/mol. The van der Waals surface area contributed by atoms with E-state index in [1.54, 1.807) is 0 Å². The van der Waals surface area contributed by atoms with Gasteiger partial charge in [0.2, 0.25) is 11.8 Å². The molecule has 4 aromatic rings. The van der Waals surface area contributed by atoms with E-state index in [1.807, 2.05) is 36.6 Å². The number of nitrogens with zero attached hydrogens (tertiary/aromatic N) is 3. The number of thiazole rings is 1. The third-order valence-corrected chi connectivity index (χ3v) is 6.55. The summed E-state index contributed by atoms with van der Waals surface area (Å²) in [7, 11) is 0. The smallest absolute Gasteiger partial charge is 0.277 e. The molecule has 0 radical (unpaired) electrons. The van der Waals surface area contributed by atoms with Gasteiger partial charge >= 0.3 is 0 Å². The number of carbonyl (C=O) groups excluding carboxylic acids is 1. The molecule has 1 N–H and O–H groups in total. The first-order valence-electron chi connectivity index (χ1n) is 9.76. The number of hydrogen-bond donors (Lipinski definition) is 1. The van der Waals surface area contributed by atoms with Gasteiger partial charge in [-0.1, -0.05) is 36.0 Å². The van der Waals surface area contributed by atoms with Crippen molar-refractivity contribution in [1.29, 1.82) is 0 Å². The number of nitrogens with one attached hydrogen (secondary N) is 1. The molecule has 2 aromatic carbocycles. The highest BCUT2D eigenvalue weighted by Crippen LogP contribution is 2.30. The Kier molecular flexibility index (Phi) is 6.20. The quantitative estimate of drug-likeness (QED) is 0.373. The number of amides is 1. The Hall–Kier alpha value is -2.97. The van der Waals surface area contributed by atoms with Crippen LogP contribution in [0.25, 0.3) is 22.7 Å². The van der Waals surface area contributed by atoms with Crippen LogP contribution >= 0.6 is 23.1 Å². The number of thioether (sulfide) groups is 1. The van der Waals surface area contributed by atoms with Crippen LogP contribution in [0.5, 0.6) is 0 Å². The first-order chi connectivity index (χ1) is 14.9. The molecule has 1 amide bonds. The van der Waals surface area contributed by atoms with Gasteiger partial charge in [0.15, 0.2) is 5.13 Å². The van der Waals surface area contributed by atoms with Crippen molar-refractivity contribution in [3.63, 3.8) is 0 Å². The summed E-state index contributed by atoms with van der Waals surface area (Å²) in [5.41, 5.74) is 7.55. The number of aryl methyl sites for hydroxylation is 4. The fourth-order valence-electron chi connectivity index (χ4n) is 3.16. The molecular weight excluding hydrogens is 428 g/mol. The number of aromatic nitrogens is 3. The fraction of sp³-hybridized carbons (Fsp3) is 0.217. The van der Waals surface area contributed by atoms with Crippen molar-refractivity contribution >= 4 is 34.1 Å². The normalized spacial score (nSPS) is 11.0. The molecule has 2 heterocycles. The van der Waals surface area contributed by atoms with Crippen LogP contribution in [0.2, 0.25) is 0 Å². The van der Waals surface area contributed by atoms with Crippen LogP contribution in [0.4, 0.5) is 5.13 Å². The lowest BCUT2D eigenvalue weighted by Gasteiger charge is -2.07. The predicted octanol–water partition coefficient (Wildman–Crippen LogP) is 5.82. The van der Waals surface area contributed by atoms with Gasteiger partial charge in [0.1, 0.15) is 0 Å². The number of hydrogen-bond acceptors (Lipinski definition) is 7. The van der Waals surface area contributed by atoms with Gasteiger partial charge in [-0.05, 0) is 62.1 Å². The standard InChI is InChI=1S/C23H22N4O2S2/c1-13-7-5-6-8-17(13)21-26-27-23(29-21)31-12-20(28)25-22-24-19(11-30-22)18-10-15(3)14(2)9-16(18)4/h5-11H,12H2,1-4H3,(H,24,25,28). The van der Waals surface area contributed by atoms with Crippen LogP contribution in [0, 0.1) is 27.7 Å². The second kappa shape index (κ2) is 9.03. The fourth-order valence-corrected chi connectivity index (χ4v) is 4.45. The minimum atomic E-state index is -0.168. The van der Waals surface area contributed by atoms with Crippen LogP contribution in [0.15, 0.2) is 51.4 Å². The molecular formula is C23H22N4O2S2.